The maximum absolute atomic E-state index is 13.3. The van der Waals surface area contributed by atoms with Gasteiger partial charge < -0.3 is 5.32 Å². The van der Waals surface area contributed by atoms with Crippen LogP contribution in [0.1, 0.15) is 12.0 Å². The van der Waals surface area contributed by atoms with Crippen LogP contribution in [-0.2, 0) is 6.54 Å². The summed E-state index contributed by atoms with van der Waals surface area (Å²) in [6.45, 7) is 1.49. The summed E-state index contributed by atoms with van der Waals surface area (Å²) in [7, 11) is 0. The molecule has 0 aromatic heterocycles. The molecule has 0 radical (unpaired) electrons. The van der Waals surface area contributed by atoms with E-state index in [1.807, 2.05) is 11.8 Å². The number of thioether (sulfide) groups is 1. The van der Waals surface area contributed by atoms with Crippen LogP contribution in [0.25, 0.3) is 0 Å². The van der Waals surface area contributed by atoms with Gasteiger partial charge >= 0.3 is 0 Å². The lowest BCUT2D eigenvalue weighted by Gasteiger charge is -2.05. The molecular weight excluding hydrogens is 233 g/mol. The fraction of sp³-hybridized carbons (Fsp3) is 0.455. The maximum atomic E-state index is 13.3. The number of nitrogens with one attached hydrogen (secondary N) is 1. The Balaban J connectivity index is 2.31. The average Bonchev–Trinajstić information content (AvgIpc) is 2.20. The highest BCUT2D eigenvalue weighted by atomic mass is 35.5. The third kappa shape index (κ3) is 4.87. The van der Waals surface area contributed by atoms with Gasteiger partial charge in [-0.05, 0) is 37.1 Å². The predicted molar refractivity (Wildman–Crippen MR) is 66.1 cm³/mol. The van der Waals surface area contributed by atoms with Crippen LogP contribution < -0.4 is 5.32 Å². The third-order valence-electron chi connectivity index (χ3n) is 2.03. The lowest BCUT2D eigenvalue weighted by molar-refractivity contribution is 0.587. The minimum Gasteiger partial charge on any atom is -0.313 e. The van der Waals surface area contributed by atoms with Crippen molar-refractivity contribution >= 4 is 23.4 Å². The Hall–Kier alpha value is -0.250. The molecule has 1 aromatic rings. The Morgan fingerprint density at radius 3 is 2.93 bits per heavy atom. The second kappa shape index (κ2) is 7.09. The summed E-state index contributed by atoms with van der Waals surface area (Å²) >= 11 is 7.48. The van der Waals surface area contributed by atoms with Crippen LogP contribution in [0, 0.1) is 5.82 Å². The topological polar surface area (TPSA) is 12.0 Å². The van der Waals surface area contributed by atoms with Gasteiger partial charge in [0, 0.05) is 17.1 Å². The molecule has 0 saturated heterocycles. The quantitative estimate of drug-likeness (QED) is 0.774. The fourth-order valence-electron chi connectivity index (χ4n) is 1.23. The molecule has 0 spiro atoms. The molecule has 1 N–H and O–H groups in total. The highest BCUT2D eigenvalue weighted by Gasteiger charge is 2.01. The minimum absolute atomic E-state index is 0.236. The maximum Gasteiger partial charge on any atom is 0.129 e. The van der Waals surface area contributed by atoms with E-state index in [0.29, 0.717) is 17.1 Å². The molecule has 4 heteroatoms. The smallest absolute Gasteiger partial charge is 0.129 e. The van der Waals surface area contributed by atoms with Crippen LogP contribution in [-0.4, -0.2) is 18.6 Å². The van der Waals surface area contributed by atoms with Gasteiger partial charge in [0.15, 0.2) is 0 Å². The summed E-state index contributed by atoms with van der Waals surface area (Å²) < 4.78 is 13.3. The summed E-state index contributed by atoms with van der Waals surface area (Å²) in [4.78, 5) is 0. The summed E-state index contributed by atoms with van der Waals surface area (Å²) in [6.07, 6.45) is 3.19. The number of rotatable bonds is 6. The van der Waals surface area contributed by atoms with E-state index in [4.69, 9.17) is 11.6 Å². The summed E-state index contributed by atoms with van der Waals surface area (Å²) in [5.41, 5.74) is 0.670. The van der Waals surface area contributed by atoms with Crippen LogP contribution >= 0.6 is 23.4 Å². The van der Waals surface area contributed by atoms with E-state index in [1.165, 1.54) is 6.07 Å². The van der Waals surface area contributed by atoms with Crippen molar-refractivity contribution in [3.05, 3.63) is 34.6 Å². The zero-order chi connectivity index (χ0) is 11.1. The molecule has 1 rings (SSSR count). The van der Waals surface area contributed by atoms with Gasteiger partial charge in [0.1, 0.15) is 5.82 Å². The van der Waals surface area contributed by atoms with E-state index in [1.54, 1.807) is 12.1 Å². The van der Waals surface area contributed by atoms with Crippen LogP contribution in [0.4, 0.5) is 4.39 Å². The molecule has 1 aromatic carbocycles. The number of hydrogen-bond donors (Lipinski definition) is 1. The summed E-state index contributed by atoms with van der Waals surface area (Å²) in [5, 5.41) is 3.64. The second-order valence-corrected chi connectivity index (χ2v) is 4.68. The monoisotopic (exact) mass is 247 g/mol. The van der Waals surface area contributed by atoms with Gasteiger partial charge in [-0.25, -0.2) is 4.39 Å². The number of benzene rings is 1. The van der Waals surface area contributed by atoms with E-state index in [-0.39, 0.29) is 5.82 Å². The molecule has 0 aliphatic rings. The van der Waals surface area contributed by atoms with Crippen molar-refractivity contribution in [2.75, 3.05) is 18.6 Å². The first kappa shape index (κ1) is 12.8. The van der Waals surface area contributed by atoms with Crippen molar-refractivity contribution in [1.82, 2.24) is 5.32 Å². The molecule has 0 saturated carbocycles. The van der Waals surface area contributed by atoms with Crippen molar-refractivity contribution in [2.24, 2.45) is 0 Å². The van der Waals surface area contributed by atoms with Gasteiger partial charge in [-0.15, -0.1) is 0 Å². The minimum atomic E-state index is -0.236. The standard InChI is InChI=1S/C11H15ClFNS/c1-15-6-2-5-14-8-9-3-4-10(12)7-11(9)13/h3-4,7,14H,2,5-6,8H2,1H3. The van der Waals surface area contributed by atoms with Crippen LogP contribution in [0.2, 0.25) is 5.02 Å². The number of hydrogen-bond acceptors (Lipinski definition) is 2. The van der Waals surface area contributed by atoms with Crippen molar-refractivity contribution in [1.29, 1.82) is 0 Å². The predicted octanol–water partition coefficient (Wildman–Crippen LogP) is 3.32. The zero-order valence-corrected chi connectivity index (χ0v) is 10.3. The molecular formula is C11H15ClFNS. The van der Waals surface area contributed by atoms with E-state index in [9.17, 15) is 4.39 Å². The van der Waals surface area contributed by atoms with Crippen molar-refractivity contribution in [3.8, 4) is 0 Å². The Morgan fingerprint density at radius 1 is 1.47 bits per heavy atom. The third-order valence-corrected chi connectivity index (χ3v) is 2.96. The highest BCUT2D eigenvalue weighted by Crippen LogP contribution is 2.14. The molecule has 0 bridgehead atoms. The molecule has 15 heavy (non-hydrogen) atoms. The lowest BCUT2D eigenvalue weighted by atomic mass is 10.2. The largest absolute Gasteiger partial charge is 0.313 e. The molecule has 0 fully saturated rings. The van der Waals surface area contributed by atoms with Gasteiger partial charge in [-0.3, -0.25) is 0 Å². The molecule has 1 nitrogen and oxygen atoms in total. The Bertz CT molecular complexity index is 307. The van der Waals surface area contributed by atoms with Gasteiger partial charge in [0.2, 0.25) is 0 Å². The SMILES string of the molecule is CSCCCNCc1ccc(Cl)cc1F. The molecule has 0 unspecified atom stereocenters. The number of halogens is 2. The first-order valence-corrected chi connectivity index (χ1v) is 6.65. The van der Waals surface area contributed by atoms with Crippen LogP contribution in [0.15, 0.2) is 18.2 Å². The molecule has 84 valence electrons. The Morgan fingerprint density at radius 2 is 2.27 bits per heavy atom. The van der Waals surface area contributed by atoms with Crippen LogP contribution in [0.3, 0.4) is 0 Å². The van der Waals surface area contributed by atoms with E-state index >= 15 is 0 Å². The Kier molecular flexibility index (Phi) is 6.06. The van der Waals surface area contributed by atoms with Crippen LogP contribution in [0.5, 0.6) is 0 Å². The summed E-state index contributed by atoms with van der Waals surface area (Å²) in [5.74, 6) is 0.899. The lowest BCUT2D eigenvalue weighted by Crippen LogP contribution is -2.16. The molecule has 0 aliphatic heterocycles. The van der Waals surface area contributed by atoms with E-state index in [0.717, 1.165) is 18.7 Å². The van der Waals surface area contributed by atoms with Crippen molar-refractivity contribution in [3.63, 3.8) is 0 Å². The average molecular weight is 248 g/mol. The normalized spacial score (nSPS) is 10.6. The van der Waals surface area contributed by atoms with Gasteiger partial charge in [-0.2, -0.15) is 11.8 Å². The second-order valence-electron chi connectivity index (χ2n) is 3.26. The molecule has 0 atom stereocenters. The van der Waals surface area contributed by atoms with Crippen molar-refractivity contribution < 1.29 is 4.39 Å². The first-order valence-electron chi connectivity index (χ1n) is 4.87. The van der Waals surface area contributed by atoms with E-state index in [2.05, 4.69) is 11.6 Å². The summed E-state index contributed by atoms with van der Waals surface area (Å²) in [6, 6.07) is 4.78. The highest BCUT2D eigenvalue weighted by molar-refractivity contribution is 7.98. The fourth-order valence-corrected chi connectivity index (χ4v) is 1.82. The van der Waals surface area contributed by atoms with Gasteiger partial charge in [-0.1, -0.05) is 17.7 Å². The van der Waals surface area contributed by atoms with Gasteiger partial charge in [0.05, 0.1) is 0 Å². The van der Waals surface area contributed by atoms with Gasteiger partial charge in [0.25, 0.3) is 0 Å². The Labute approximate surface area is 99.4 Å². The first-order chi connectivity index (χ1) is 7.24. The zero-order valence-electron chi connectivity index (χ0n) is 8.72. The van der Waals surface area contributed by atoms with Crippen molar-refractivity contribution in [2.45, 2.75) is 13.0 Å². The van der Waals surface area contributed by atoms with E-state index < -0.39 is 0 Å². The molecule has 0 heterocycles. The molecule has 0 amide bonds. The molecule has 0 aliphatic carbocycles.